The largest absolute Gasteiger partial charge is 0.495 e. The van der Waals surface area contributed by atoms with Gasteiger partial charge in [-0.3, -0.25) is 4.79 Å². The number of carbonyl (C=O) groups is 1. The summed E-state index contributed by atoms with van der Waals surface area (Å²) in [7, 11) is 1.53. The van der Waals surface area contributed by atoms with Crippen molar-refractivity contribution in [1.29, 1.82) is 0 Å². The van der Waals surface area contributed by atoms with Gasteiger partial charge in [-0.2, -0.15) is 0 Å². The highest BCUT2D eigenvalue weighted by Gasteiger charge is 2.06. The first-order valence-electron chi connectivity index (χ1n) is 6.94. The van der Waals surface area contributed by atoms with Gasteiger partial charge in [0, 0.05) is 5.69 Å². The second-order valence-corrected chi connectivity index (χ2v) is 5.22. The van der Waals surface area contributed by atoms with Crippen molar-refractivity contribution in [2.75, 3.05) is 19.0 Å². The quantitative estimate of drug-likeness (QED) is 0.649. The lowest BCUT2D eigenvalue weighted by Crippen LogP contribution is -2.16. The molecule has 2 aromatic rings. The van der Waals surface area contributed by atoms with Crippen LogP contribution in [0.25, 0.3) is 0 Å². The highest BCUT2D eigenvalue weighted by atomic mass is 35.5. The van der Waals surface area contributed by atoms with Crippen LogP contribution in [0.3, 0.4) is 0 Å². The molecule has 6 heteroatoms. The van der Waals surface area contributed by atoms with Crippen molar-refractivity contribution in [2.24, 2.45) is 5.16 Å². The number of nitrogens with one attached hydrogen (secondary N) is 1. The van der Waals surface area contributed by atoms with Gasteiger partial charge in [0.15, 0.2) is 6.61 Å². The number of halogens is 1. The number of benzene rings is 2. The van der Waals surface area contributed by atoms with Crippen LogP contribution in [0, 0.1) is 6.92 Å². The van der Waals surface area contributed by atoms with Crippen LogP contribution >= 0.6 is 11.6 Å². The number of methoxy groups -OCH3 is 1. The molecule has 0 bridgehead atoms. The summed E-state index contributed by atoms with van der Waals surface area (Å²) in [4.78, 5) is 16.7. The van der Waals surface area contributed by atoms with Crippen LogP contribution in [0.2, 0.25) is 5.02 Å². The monoisotopic (exact) mass is 332 g/mol. The third-order valence-corrected chi connectivity index (χ3v) is 3.28. The van der Waals surface area contributed by atoms with E-state index in [9.17, 15) is 4.79 Å². The molecule has 23 heavy (non-hydrogen) atoms. The maximum atomic E-state index is 11.7. The molecule has 0 spiro atoms. The highest BCUT2D eigenvalue weighted by Crippen LogP contribution is 2.27. The van der Waals surface area contributed by atoms with Gasteiger partial charge in [-0.1, -0.05) is 46.6 Å². The zero-order chi connectivity index (χ0) is 16.7. The molecule has 0 saturated heterocycles. The number of ether oxygens (including phenoxy) is 1. The predicted octanol–water partition coefficient (Wildman–Crippen LogP) is 3.65. The fourth-order valence-electron chi connectivity index (χ4n) is 1.79. The van der Waals surface area contributed by atoms with Gasteiger partial charge in [-0.25, -0.2) is 0 Å². The van der Waals surface area contributed by atoms with Crippen LogP contribution in [0.1, 0.15) is 11.1 Å². The van der Waals surface area contributed by atoms with Crippen LogP contribution in [0.15, 0.2) is 47.6 Å². The van der Waals surface area contributed by atoms with E-state index in [0.29, 0.717) is 16.5 Å². The van der Waals surface area contributed by atoms with E-state index in [1.165, 1.54) is 12.7 Å². The van der Waals surface area contributed by atoms with Crippen molar-refractivity contribution in [3.8, 4) is 5.75 Å². The SMILES string of the molecule is COc1ccc(NC(=O)CO/N=C\c2ccc(C)cc2)cc1Cl. The smallest absolute Gasteiger partial charge is 0.265 e. The summed E-state index contributed by atoms with van der Waals surface area (Å²) in [5, 5.41) is 6.85. The van der Waals surface area contributed by atoms with Gasteiger partial charge < -0.3 is 14.9 Å². The maximum Gasteiger partial charge on any atom is 0.265 e. The van der Waals surface area contributed by atoms with Gasteiger partial charge >= 0.3 is 0 Å². The molecule has 120 valence electrons. The molecule has 2 rings (SSSR count). The molecule has 0 radical (unpaired) electrons. The minimum atomic E-state index is -0.327. The molecule has 0 aliphatic carbocycles. The molecule has 1 N–H and O–H groups in total. The number of carbonyl (C=O) groups excluding carboxylic acids is 1. The summed E-state index contributed by atoms with van der Waals surface area (Å²) in [5.41, 5.74) is 2.63. The van der Waals surface area contributed by atoms with Crippen LogP contribution in [-0.2, 0) is 9.63 Å². The summed E-state index contributed by atoms with van der Waals surface area (Å²) in [6, 6.07) is 12.8. The molecule has 0 aliphatic heterocycles. The Bertz CT molecular complexity index is 699. The number of anilines is 1. The molecule has 5 nitrogen and oxygen atoms in total. The first-order chi connectivity index (χ1) is 11.1. The number of nitrogens with zero attached hydrogens (tertiary/aromatic N) is 1. The predicted molar refractivity (Wildman–Crippen MR) is 91.4 cm³/mol. The minimum absolute atomic E-state index is 0.188. The number of rotatable bonds is 6. The second-order valence-electron chi connectivity index (χ2n) is 4.82. The van der Waals surface area contributed by atoms with E-state index in [4.69, 9.17) is 21.2 Å². The molecule has 0 saturated carbocycles. The lowest BCUT2D eigenvalue weighted by Gasteiger charge is -2.07. The Morgan fingerprint density at radius 3 is 2.65 bits per heavy atom. The molecule has 0 aromatic heterocycles. The van der Waals surface area contributed by atoms with Gasteiger partial charge in [0.2, 0.25) is 0 Å². The molecular formula is C17H17ClN2O3. The molecule has 2 aromatic carbocycles. The second kappa shape index (κ2) is 8.19. The lowest BCUT2D eigenvalue weighted by molar-refractivity contribution is -0.120. The number of hydrogen-bond acceptors (Lipinski definition) is 4. The Labute approximate surface area is 139 Å². The van der Waals surface area contributed by atoms with E-state index in [1.807, 2.05) is 31.2 Å². The highest BCUT2D eigenvalue weighted by molar-refractivity contribution is 6.32. The molecule has 0 heterocycles. The Hall–Kier alpha value is -2.53. The average molecular weight is 333 g/mol. The Morgan fingerprint density at radius 2 is 2.00 bits per heavy atom. The molecule has 0 fully saturated rings. The van der Waals surface area contributed by atoms with Gasteiger partial charge in [-0.15, -0.1) is 0 Å². The van der Waals surface area contributed by atoms with Gasteiger partial charge in [0.25, 0.3) is 5.91 Å². The molecular weight excluding hydrogens is 316 g/mol. The topological polar surface area (TPSA) is 59.9 Å². The summed E-state index contributed by atoms with van der Waals surface area (Å²) in [6.07, 6.45) is 1.55. The van der Waals surface area contributed by atoms with Crippen LogP contribution < -0.4 is 10.1 Å². The van der Waals surface area contributed by atoms with Crippen molar-refractivity contribution in [2.45, 2.75) is 6.92 Å². The van der Waals surface area contributed by atoms with E-state index in [2.05, 4.69) is 10.5 Å². The van der Waals surface area contributed by atoms with E-state index in [-0.39, 0.29) is 12.5 Å². The number of aryl methyl sites for hydroxylation is 1. The zero-order valence-electron chi connectivity index (χ0n) is 12.9. The van der Waals surface area contributed by atoms with Gasteiger partial charge in [0.1, 0.15) is 5.75 Å². The van der Waals surface area contributed by atoms with Crippen molar-refractivity contribution in [3.63, 3.8) is 0 Å². The molecule has 0 unspecified atom stereocenters. The Morgan fingerprint density at radius 1 is 1.26 bits per heavy atom. The van der Waals surface area contributed by atoms with Crippen molar-refractivity contribution in [1.82, 2.24) is 0 Å². The van der Waals surface area contributed by atoms with E-state index >= 15 is 0 Å². The summed E-state index contributed by atoms with van der Waals surface area (Å²) < 4.78 is 5.05. The normalized spacial score (nSPS) is 10.6. The summed E-state index contributed by atoms with van der Waals surface area (Å²) in [5.74, 6) is 0.218. The molecule has 0 aliphatic rings. The van der Waals surface area contributed by atoms with Crippen LogP contribution in [-0.4, -0.2) is 25.8 Å². The standard InChI is InChI=1S/C17H17ClN2O3/c1-12-3-5-13(6-4-12)10-19-23-11-17(21)20-14-7-8-16(22-2)15(18)9-14/h3-10H,11H2,1-2H3,(H,20,21)/b19-10-. The first kappa shape index (κ1) is 16.8. The van der Waals surface area contributed by atoms with Gasteiger partial charge in [0.05, 0.1) is 18.3 Å². The van der Waals surface area contributed by atoms with E-state index in [1.54, 1.807) is 24.4 Å². The summed E-state index contributed by atoms with van der Waals surface area (Å²) in [6.45, 7) is 1.82. The van der Waals surface area contributed by atoms with Crippen molar-refractivity contribution < 1.29 is 14.4 Å². The Balaban J connectivity index is 1.81. The zero-order valence-corrected chi connectivity index (χ0v) is 13.6. The number of amides is 1. The van der Waals surface area contributed by atoms with Crippen LogP contribution in [0.5, 0.6) is 5.75 Å². The number of oxime groups is 1. The van der Waals surface area contributed by atoms with Crippen molar-refractivity contribution in [3.05, 3.63) is 58.6 Å². The number of hydrogen-bond donors (Lipinski definition) is 1. The lowest BCUT2D eigenvalue weighted by atomic mass is 10.2. The maximum absolute atomic E-state index is 11.7. The third-order valence-electron chi connectivity index (χ3n) is 2.98. The third kappa shape index (κ3) is 5.30. The first-order valence-corrected chi connectivity index (χ1v) is 7.31. The Kier molecular flexibility index (Phi) is 6.00. The molecule has 1 amide bonds. The van der Waals surface area contributed by atoms with Crippen LogP contribution in [0.4, 0.5) is 5.69 Å². The molecule has 0 atom stereocenters. The van der Waals surface area contributed by atoms with E-state index in [0.717, 1.165) is 5.56 Å². The van der Waals surface area contributed by atoms with Gasteiger partial charge in [-0.05, 0) is 30.7 Å². The van der Waals surface area contributed by atoms with Crippen molar-refractivity contribution >= 4 is 29.4 Å². The fraction of sp³-hybridized carbons (Fsp3) is 0.176. The van der Waals surface area contributed by atoms with E-state index < -0.39 is 0 Å². The minimum Gasteiger partial charge on any atom is -0.495 e. The average Bonchev–Trinajstić information content (AvgIpc) is 2.53. The summed E-state index contributed by atoms with van der Waals surface area (Å²) >= 11 is 5.99. The fourth-order valence-corrected chi connectivity index (χ4v) is 2.05.